The molecule has 0 bridgehead atoms. The van der Waals surface area contributed by atoms with Crippen molar-refractivity contribution in [3.8, 4) is 6.07 Å². The zero-order chi connectivity index (χ0) is 11.4. The van der Waals surface area contributed by atoms with E-state index in [1.165, 1.54) is 11.3 Å². The molecule has 2 rings (SSSR count). The molecule has 0 radical (unpaired) electrons. The molecule has 0 aromatic heterocycles. The largest absolute Gasteiger partial charge is 0.258 e. The van der Waals surface area contributed by atoms with Crippen molar-refractivity contribution in [2.75, 3.05) is 0 Å². The molecule has 1 saturated carbocycles. The Bertz CT molecular complexity index is 440. The Morgan fingerprint density at radius 3 is 3.06 bits per heavy atom. The first-order valence-corrected chi connectivity index (χ1v) is 5.80. The minimum absolute atomic E-state index is 0.178. The van der Waals surface area contributed by atoms with Crippen LogP contribution in [0.3, 0.4) is 0 Å². The van der Waals surface area contributed by atoms with E-state index in [2.05, 4.69) is 30.1 Å². The lowest BCUT2D eigenvalue weighted by molar-refractivity contribution is 0.559. The predicted molar refractivity (Wildman–Crippen MR) is 65.8 cm³/mol. The number of nitrogens with zero attached hydrogens (tertiary/aromatic N) is 2. The highest BCUT2D eigenvalue weighted by molar-refractivity contribution is 5.88. The fraction of sp³-hybridized carbons (Fsp3) is 0.429. The van der Waals surface area contributed by atoms with Crippen molar-refractivity contribution in [3.63, 3.8) is 0 Å². The van der Waals surface area contributed by atoms with Gasteiger partial charge in [-0.2, -0.15) is 5.26 Å². The van der Waals surface area contributed by atoms with Crippen LogP contribution in [0, 0.1) is 24.2 Å². The number of nitriles is 1. The van der Waals surface area contributed by atoms with Crippen LogP contribution in [0.2, 0.25) is 0 Å². The van der Waals surface area contributed by atoms with E-state index in [1.807, 2.05) is 12.1 Å². The van der Waals surface area contributed by atoms with Crippen LogP contribution in [-0.4, -0.2) is 5.71 Å². The molecule has 16 heavy (non-hydrogen) atoms. The summed E-state index contributed by atoms with van der Waals surface area (Å²) in [5.74, 6) is 0.178. The van der Waals surface area contributed by atoms with Crippen LogP contribution in [0.5, 0.6) is 0 Å². The van der Waals surface area contributed by atoms with Crippen LogP contribution in [0.4, 0.5) is 5.69 Å². The van der Waals surface area contributed by atoms with Gasteiger partial charge < -0.3 is 0 Å². The van der Waals surface area contributed by atoms with Crippen molar-refractivity contribution in [1.29, 1.82) is 5.26 Å². The van der Waals surface area contributed by atoms with Gasteiger partial charge in [0, 0.05) is 12.1 Å². The van der Waals surface area contributed by atoms with E-state index >= 15 is 0 Å². The van der Waals surface area contributed by atoms with Gasteiger partial charge in [-0.3, -0.25) is 4.99 Å². The number of benzene rings is 1. The predicted octanol–water partition coefficient (Wildman–Crippen LogP) is 3.78. The van der Waals surface area contributed by atoms with E-state index in [9.17, 15) is 0 Å². The summed E-state index contributed by atoms with van der Waals surface area (Å²) in [6, 6.07) is 10.6. The molecule has 1 aliphatic carbocycles. The maximum absolute atomic E-state index is 8.91. The minimum atomic E-state index is 0.178. The van der Waals surface area contributed by atoms with E-state index in [4.69, 9.17) is 5.26 Å². The lowest BCUT2D eigenvalue weighted by Gasteiger charge is -2.17. The summed E-state index contributed by atoms with van der Waals surface area (Å²) in [5.41, 5.74) is 3.44. The van der Waals surface area contributed by atoms with Gasteiger partial charge in [0.25, 0.3) is 0 Å². The molecule has 0 saturated heterocycles. The molecule has 1 aromatic rings. The Morgan fingerprint density at radius 1 is 1.44 bits per heavy atom. The van der Waals surface area contributed by atoms with Crippen molar-refractivity contribution in [1.82, 2.24) is 0 Å². The molecule has 0 spiro atoms. The van der Waals surface area contributed by atoms with Gasteiger partial charge in [-0.25, -0.2) is 0 Å². The minimum Gasteiger partial charge on any atom is -0.258 e. The molecule has 0 amide bonds. The summed E-state index contributed by atoms with van der Waals surface area (Å²) in [4.78, 5) is 4.64. The van der Waals surface area contributed by atoms with Gasteiger partial charge in [-0.05, 0) is 43.9 Å². The zero-order valence-corrected chi connectivity index (χ0v) is 9.61. The molecule has 1 atom stereocenters. The molecular formula is C14H16N2. The third kappa shape index (κ3) is 2.70. The Balaban J connectivity index is 2.15. The average Bonchev–Trinajstić information content (AvgIpc) is 2.29. The van der Waals surface area contributed by atoms with Gasteiger partial charge in [0.1, 0.15) is 0 Å². The van der Waals surface area contributed by atoms with Crippen LogP contribution in [0.15, 0.2) is 29.3 Å². The highest BCUT2D eigenvalue weighted by Crippen LogP contribution is 2.24. The number of aliphatic imine (C=N–C) groups is 1. The lowest BCUT2D eigenvalue weighted by atomic mass is 9.89. The fourth-order valence-electron chi connectivity index (χ4n) is 2.13. The van der Waals surface area contributed by atoms with Crippen molar-refractivity contribution >= 4 is 11.4 Å². The summed E-state index contributed by atoms with van der Waals surface area (Å²) in [6.45, 7) is 2.07. The van der Waals surface area contributed by atoms with Crippen LogP contribution in [0.1, 0.15) is 31.2 Å². The van der Waals surface area contributed by atoms with Crippen molar-refractivity contribution in [3.05, 3.63) is 29.8 Å². The maximum atomic E-state index is 8.91. The van der Waals surface area contributed by atoms with Crippen LogP contribution in [0.25, 0.3) is 0 Å². The highest BCUT2D eigenvalue weighted by atomic mass is 14.7. The summed E-state index contributed by atoms with van der Waals surface area (Å²) in [6.07, 6.45) is 4.03. The zero-order valence-electron chi connectivity index (χ0n) is 9.61. The van der Waals surface area contributed by atoms with Crippen molar-refractivity contribution in [2.45, 2.75) is 32.6 Å². The molecule has 0 N–H and O–H groups in total. The number of hydrogen-bond donors (Lipinski definition) is 0. The van der Waals surface area contributed by atoms with Crippen LogP contribution >= 0.6 is 0 Å². The van der Waals surface area contributed by atoms with E-state index < -0.39 is 0 Å². The van der Waals surface area contributed by atoms with Gasteiger partial charge in [0.05, 0.1) is 17.7 Å². The quantitative estimate of drug-likeness (QED) is 0.697. The van der Waals surface area contributed by atoms with E-state index in [-0.39, 0.29) is 5.92 Å². The van der Waals surface area contributed by atoms with Gasteiger partial charge in [0.15, 0.2) is 0 Å². The molecule has 1 aromatic carbocycles. The summed E-state index contributed by atoms with van der Waals surface area (Å²) >= 11 is 0. The second kappa shape index (κ2) is 4.94. The first-order valence-electron chi connectivity index (χ1n) is 5.80. The van der Waals surface area contributed by atoms with Gasteiger partial charge in [-0.15, -0.1) is 0 Å². The van der Waals surface area contributed by atoms with E-state index in [0.29, 0.717) is 0 Å². The molecule has 1 fully saturated rings. The van der Waals surface area contributed by atoms with E-state index in [1.54, 1.807) is 0 Å². The summed E-state index contributed by atoms with van der Waals surface area (Å²) in [5, 5.41) is 8.91. The maximum Gasteiger partial charge on any atom is 0.0659 e. The fourth-order valence-corrected chi connectivity index (χ4v) is 2.13. The molecule has 2 heteroatoms. The summed E-state index contributed by atoms with van der Waals surface area (Å²) < 4.78 is 0. The highest BCUT2D eigenvalue weighted by Gasteiger charge is 2.17. The average molecular weight is 212 g/mol. The van der Waals surface area contributed by atoms with Gasteiger partial charge >= 0.3 is 0 Å². The number of rotatable bonds is 1. The second-order valence-corrected chi connectivity index (χ2v) is 4.44. The van der Waals surface area contributed by atoms with E-state index in [0.717, 1.165) is 31.4 Å². The second-order valence-electron chi connectivity index (χ2n) is 4.44. The third-order valence-electron chi connectivity index (χ3n) is 2.97. The third-order valence-corrected chi connectivity index (χ3v) is 2.97. The molecule has 0 heterocycles. The first kappa shape index (κ1) is 10.9. The van der Waals surface area contributed by atoms with Crippen LogP contribution in [-0.2, 0) is 0 Å². The Kier molecular flexibility index (Phi) is 3.36. The Labute approximate surface area is 96.6 Å². The molecule has 1 aliphatic rings. The van der Waals surface area contributed by atoms with Crippen LogP contribution < -0.4 is 0 Å². The molecule has 1 unspecified atom stereocenters. The number of aryl methyl sites for hydroxylation is 1. The molecular weight excluding hydrogens is 196 g/mol. The first-order chi connectivity index (χ1) is 7.78. The number of hydrogen-bond acceptors (Lipinski definition) is 2. The lowest BCUT2D eigenvalue weighted by Crippen LogP contribution is -2.13. The molecule has 2 nitrogen and oxygen atoms in total. The van der Waals surface area contributed by atoms with Crippen molar-refractivity contribution in [2.24, 2.45) is 10.9 Å². The topological polar surface area (TPSA) is 36.1 Å². The molecule has 82 valence electrons. The standard InChI is InChI=1S/C14H16N2/c1-11-4-2-6-13(8-11)16-14-7-3-5-12(9-14)10-15/h2,4,6,8,12H,3,5,7,9H2,1H3. The molecule has 0 aliphatic heterocycles. The smallest absolute Gasteiger partial charge is 0.0659 e. The normalized spacial score (nSPS) is 23.0. The van der Waals surface area contributed by atoms with Gasteiger partial charge in [0.2, 0.25) is 0 Å². The summed E-state index contributed by atoms with van der Waals surface area (Å²) in [7, 11) is 0. The monoisotopic (exact) mass is 212 g/mol. The van der Waals surface area contributed by atoms with Gasteiger partial charge in [-0.1, -0.05) is 12.1 Å². The van der Waals surface area contributed by atoms with Crippen molar-refractivity contribution < 1.29 is 0 Å². The Morgan fingerprint density at radius 2 is 2.31 bits per heavy atom. The SMILES string of the molecule is Cc1cccc(N=C2CCCC(C#N)C2)c1. The Hall–Kier alpha value is -1.62.